The van der Waals surface area contributed by atoms with Crippen LogP contribution >= 0.6 is 11.6 Å². The van der Waals surface area contributed by atoms with E-state index >= 15 is 0 Å². The van der Waals surface area contributed by atoms with Gasteiger partial charge in [-0.15, -0.1) is 10.2 Å². The second-order valence-corrected chi connectivity index (χ2v) is 4.71. The van der Waals surface area contributed by atoms with Crippen LogP contribution in [0.15, 0.2) is 24.5 Å². The highest BCUT2D eigenvalue weighted by Crippen LogP contribution is 2.23. The van der Waals surface area contributed by atoms with E-state index in [4.69, 9.17) is 11.6 Å². The third-order valence-electron chi connectivity index (χ3n) is 3.03. The predicted molar refractivity (Wildman–Crippen MR) is 72.4 cm³/mol. The Morgan fingerprint density at radius 3 is 2.95 bits per heavy atom. The SMILES string of the molecule is CCn1cnnc1CNC(C)c1ccc(F)cc1Cl. The molecule has 1 aromatic carbocycles. The van der Waals surface area contributed by atoms with Gasteiger partial charge in [0.25, 0.3) is 0 Å². The molecule has 0 bridgehead atoms. The molecule has 0 aliphatic heterocycles. The Balaban J connectivity index is 2.03. The first-order chi connectivity index (χ1) is 9.11. The molecule has 102 valence electrons. The Labute approximate surface area is 116 Å². The van der Waals surface area contributed by atoms with Crippen LogP contribution < -0.4 is 5.32 Å². The van der Waals surface area contributed by atoms with Crippen LogP contribution in [0.2, 0.25) is 5.02 Å². The first-order valence-electron chi connectivity index (χ1n) is 6.16. The summed E-state index contributed by atoms with van der Waals surface area (Å²) in [5.74, 6) is 0.541. The van der Waals surface area contributed by atoms with Crippen molar-refractivity contribution in [2.75, 3.05) is 0 Å². The minimum atomic E-state index is -0.327. The first-order valence-corrected chi connectivity index (χ1v) is 6.54. The number of rotatable bonds is 5. The molecule has 0 saturated carbocycles. The molecule has 6 heteroatoms. The number of aromatic nitrogens is 3. The van der Waals surface area contributed by atoms with E-state index in [-0.39, 0.29) is 11.9 Å². The zero-order valence-electron chi connectivity index (χ0n) is 10.9. The van der Waals surface area contributed by atoms with Crippen LogP contribution in [-0.2, 0) is 13.1 Å². The maximum Gasteiger partial charge on any atom is 0.146 e. The normalized spacial score (nSPS) is 12.6. The Bertz CT molecular complexity index is 555. The smallest absolute Gasteiger partial charge is 0.146 e. The molecule has 0 saturated heterocycles. The molecule has 1 atom stereocenters. The lowest BCUT2D eigenvalue weighted by Crippen LogP contribution is -2.21. The lowest BCUT2D eigenvalue weighted by Gasteiger charge is -2.15. The quantitative estimate of drug-likeness (QED) is 0.917. The second-order valence-electron chi connectivity index (χ2n) is 4.30. The van der Waals surface area contributed by atoms with Crippen LogP contribution in [-0.4, -0.2) is 14.8 Å². The summed E-state index contributed by atoms with van der Waals surface area (Å²) in [7, 11) is 0. The van der Waals surface area contributed by atoms with E-state index in [0.717, 1.165) is 17.9 Å². The van der Waals surface area contributed by atoms with Crippen molar-refractivity contribution in [1.82, 2.24) is 20.1 Å². The standard InChI is InChI=1S/C13H16ClFN4/c1-3-19-8-17-18-13(19)7-16-9(2)11-5-4-10(15)6-12(11)14/h4-6,8-9,16H,3,7H2,1-2H3. The summed E-state index contributed by atoms with van der Waals surface area (Å²) in [4.78, 5) is 0. The van der Waals surface area contributed by atoms with Crippen molar-refractivity contribution in [1.29, 1.82) is 0 Å². The first kappa shape index (κ1) is 14.0. The van der Waals surface area contributed by atoms with Gasteiger partial charge in [0.1, 0.15) is 18.0 Å². The van der Waals surface area contributed by atoms with Gasteiger partial charge < -0.3 is 9.88 Å². The minimum Gasteiger partial charge on any atom is -0.317 e. The zero-order valence-corrected chi connectivity index (χ0v) is 11.7. The molecule has 4 nitrogen and oxygen atoms in total. The van der Waals surface area contributed by atoms with Crippen LogP contribution in [0.1, 0.15) is 31.3 Å². The number of nitrogens with zero attached hydrogens (tertiary/aromatic N) is 3. The molecule has 0 radical (unpaired) electrons. The number of hydrogen-bond donors (Lipinski definition) is 1. The number of benzene rings is 1. The van der Waals surface area contributed by atoms with Gasteiger partial charge in [0.2, 0.25) is 0 Å². The van der Waals surface area contributed by atoms with Gasteiger partial charge >= 0.3 is 0 Å². The predicted octanol–water partition coefficient (Wildman–Crippen LogP) is 2.94. The summed E-state index contributed by atoms with van der Waals surface area (Å²) in [6.45, 7) is 5.43. The number of nitrogens with one attached hydrogen (secondary N) is 1. The molecular formula is C13H16ClFN4. The number of hydrogen-bond acceptors (Lipinski definition) is 3. The van der Waals surface area contributed by atoms with Gasteiger partial charge in [-0.1, -0.05) is 17.7 Å². The van der Waals surface area contributed by atoms with Crippen molar-refractivity contribution in [3.8, 4) is 0 Å². The van der Waals surface area contributed by atoms with Gasteiger partial charge in [-0.2, -0.15) is 0 Å². The average molecular weight is 283 g/mol. The summed E-state index contributed by atoms with van der Waals surface area (Å²) in [5, 5.41) is 11.7. The van der Waals surface area contributed by atoms with Crippen LogP contribution in [0, 0.1) is 5.82 Å². The maximum atomic E-state index is 13.0. The summed E-state index contributed by atoms with van der Waals surface area (Å²) in [6.07, 6.45) is 1.70. The van der Waals surface area contributed by atoms with Crippen LogP contribution in [0.25, 0.3) is 0 Å². The van der Waals surface area contributed by atoms with Crippen molar-refractivity contribution in [3.05, 3.63) is 46.8 Å². The molecule has 1 heterocycles. The van der Waals surface area contributed by atoms with Crippen LogP contribution in [0.5, 0.6) is 0 Å². The van der Waals surface area contributed by atoms with E-state index in [1.807, 2.05) is 18.4 Å². The topological polar surface area (TPSA) is 42.7 Å². The van der Waals surface area contributed by atoms with Gasteiger partial charge in [0.15, 0.2) is 0 Å². The van der Waals surface area contributed by atoms with Gasteiger partial charge in [-0.3, -0.25) is 0 Å². The number of halogens is 2. The molecule has 1 N–H and O–H groups in total. The van der Waals surface area contributed by atoms with Crippen molar-refractivity contribution >= 4 is 11.6 Å². The highest BCUT2D eigenvalue weighted by Gasteiger charge is 2.11. The van der Waals surface area contributed by atoms with Crippen molar-refractivity contribution < 1.29 is 4.39 Å². The van der Waals surface area contributed by atoms with E-state index in [1.165, 1.54) is 12.1 Å². The third-order valence-corrected chi connectivity index (χ3v) is 3.36. The van der Waals surface area contributed by atoms with E-state index in [0.29, 0.717) is 11.6 Å². The molecule has 2 rings (SSSR count). The molecule has 2 aromatic rings. The molecule has 1 aromatic heterocycles. The van der Waals surface area contributed by atoms with Gasteiger partial charge in [0, 0.05) is 17.6 Å². The Morgan fingerprint density at radius 1 is 1.47 bits per heavy atom. The van der Waals surface area contributed by atoms with Gasteiger partial charge in [-0.25, -0.2) is 4.39 Å². The fourth-order valence-electron chi connectivity index (χ4n) is 1.89. The highest BCUT2D eigenvalue weighted by atomic mass is 35.5. The van der Waals surface area contributed by atoms with Crippen molar-refractivity contribution in [2.45, 2.75) is 33.0 Å². The van der Waals surface area contributed by atoms with E-state index in [2.05, 4.69) is 15.5 Å². The van der Waals surface area contributed by atoms with Gasteiger partial charge in [0.05, 0.1) is 6.54 Å². The molecule has 0 spiro atoms. The highest BCUT2D eigenvalue weighted by molar-refractivity contribution is 6.31. The third kappa shape index (κ3) is 3.30. The maximum absolute atomic E-state index is 13.0. The van der Waals surface area contributed by atoms with E-state index in [1.54, 1.807) is 12.4 Å². The second kappa shape index (κ2) is 6.12. The largest absolute Gasteiger partial charge is 0.317 e. The molecule has 1 unspecified atom stereocenters. The Kier molecular flexibility index (Phi) is 4.50. The summed E-state index contributed by atoms with van der Waals surface area (Å²) < 4.78 is 15.0. The molecule has 0 amide bonds. The molecule has 19 heavy (non-hydrogen) atoms. The van der Waals surface area contributed by atoms with E-state index in [9.17, 15) is 4.39 Å². The fraction of sp³-hybridized carbons (Fsp3) is 0.385. The zero-order chi connectivity index (χ0) is 13.8. The molecule has 0 aliphatic rings. The van der Waals surface area contributed by atoms with E-state index < -0.39 is 0 Å². The van der Waals surface area contributed by atoms with Crippen molar-refractivity contribution in [2.24, 2.45) is 0 Å². The average Bonchev–Trinajstić information content (AvgIpc) is 2.83. The summed E-state index contributed by atoms with van der Waals surface area (Å²) in [5.41, 5.74) is 0.866. The molecule has 0 fully saturated rings. The lowest BCUT2D eigenvalue weighted by atomic mass is 10.1. The summed E-state index contributed by atoms with van der Waals surface area (Å²) in [6, 6.07) is 4.44. The fourth-order valence-corrected chi connectivity index (χ4v) is 2.22. The lowest BCUT2D eigenvalue weighted by molar-refractivity contribution is 0.538. The van der Waals surface area contributed by atoms with Crippen LogP contribution in [0.3, 0.4) is 0 Å². The molecule has 0 aliphatic carbocycles. The van der Waals surface area contributed by atoms with Crippen LogP contribution in [0.4, 0.5) is 4.39 Å². The minimum absolute atomic E-state index is 0.00936. The number of aryl methyl sites for hydroxylation is 1. The van der Waals surface area contributed by atoms with Crippen molar-refractivity contribution in [3.63, 3.8) is 0 Å². The van der Waals surface area contributed by atoms with Gasteiger partial charge in [-0.05, 0) is 31.5 Å². The monoisotopic (exact) mass is 282 g/mol. The Morgan fingerprint density at radius 2 is 2.26 bits per heavy atom. The molecular weight excluding hydrogens is 267 g/mol. The summed E-state index contributed by atoms with van der Waals surface area (Å²) >= 11 is 6.03. The Hall–Kier alpha value is -1.46.